The zero-order chi connectivity index (χ0) is 20.8. The summed E-state index contributed by atoms with van der Waals surface area (Å²) in [6.45, 7) is 3.75. The number of carboxylic acid groups (broad SMARTS) is 1. The van der Waals surface area contributed by atoms with E-state index in [2.05, 4.69) is 17.2 Å². The van der Waals surface area contributed by atoms with E-state index in [1.54, 1.807) is 0 Å². The van der Waals surface area contributed by atoms with Crippen molar-refractivity contribution in [3.8, 4) is 0 Å². The molecule has 9 heteroatoms. The minimum atomic E-state index is -1.32. The number of carbonyl (C=O) groups excluding carboxylic acids is 3. The molecule has 1 saturated heterocycles. The number of aliphatic carboxylic acids is 1. The van der Waals surface area contributed by atoms with Gasteiger partial charge >= 0.3 is 12.1 Å². The molecule has 1 aliphatic heterocycles. The Morgan fingerprint density at radius 2 is 1.93 bits per heavy atom. The zero-order valence-electron chi connectivity index (χ0n) is 16.3. The number of carboxylic acids is 1. The second-order valence-electron chi connectivity index (χ2n) is 8.67. The molecule has 3 amide bonds. The SMILES string of the molecule is C=C[C@@H]1CC1(NC(=O)[C@@H]1CCCN1C(=O)CNC(=O)OC1CC2CC2C1)C(=O)O. The van der Waals surface area contributed by atoms with Crippen LogP contribution in [0.4, 0.5) is 4.79 Å². The normalized spacial score (nSPS) is 36.7. The molecule has 1 heterocycles. The number of amides is 3. The van der Waals surface area contributed by atoms with Gasteiger partial charge in [-0.3, -0.25) is 9.59 Å². The molecule has 9 nitrogen and oxygen atoms in total. The third-order valence-corrected chi connectivity index (χ3v) is 6.76. The van der Waals surface area contributed by atoms with Gasteiger partial charge in [0.1, 0.15) is 24.2 Å². The zero-order valence-corrected chi connectivity index (χ0v) is 16.3. The van der Waals surface area contributed by atoms with Crippen molar-refractivity contribution in [2.45, 2.75) is 56.2 Å². The number of rotatable bonds is 7. The van der Waals surface area contributed by atoms with E-state index in [1.807, 2.05) is 0 Å². The first-order valence-corrected chi connectivity index (χ1v) is 10.3. The lowest BCUT2D eigenvalue weighted by Gasteiger charge is -2.26. The maximum atomic E-state index is 12.7. The average Bonchev–Trinajstić information content (AvgIpc) is 3.46. The maximum Gasteiger partial charge on any atom is 0.407 e. The standard InChI is InChI=1S/C20H27N3O6/c1-2-13-9-20(13,18(26)27)22-17(25)15-4-3-5-23(15)16(24)10-21-19(28)29-14-7-11-6-12(11)8-14/h2,11-15H,1,3-10H2,(H,21,28)(H,22,25)(H,26,27)/t11?,12?,13-,14?,15+,20?/m1/s1. The number of hydrogen-bond donors (Lipinski definition) is 3. The Morgan fingerprint density at radius 3 is 2.55 bits per heavy atom. The van der Waals surface area contributed by atoms with E-state index < -0.39 is 29.6 Å². The van der Waals surface area contributed by atoms with Crippen molar-refractivity contribution < 1.29 is 29.0 Å². The summed E-state index contributed by atoms with van der Waals surface area (Å²) in [4.78, 5) is 50.1. The number of ether oxygens (including phenoxy) is 1. The molecule has 0 aromatic carbocycles. The highest BCUT2D eigenvalue weighted by Crippen LogP contribution is 2.52. The van der Waals surface area contributed by atoms with E-state index in [-0.39, 0.29) is 24.5 Å². The summed E-state index contributed by atoms with van der Waals surface area (Å²) in [5.74, 6) is -0.878. The molecule has 3 saturated carbocycles. The molecular formula is C20H27N3O6. The fraction of sp³-hybridized carbons (Fsp3) is 0.700. The minimum Gasteiger partial charge on any atom is -0.479 e. The molecule has 0 aromatic heterocycles. The van der Waals surface area contributed by atoms with Crippen LogP contribution in [0.25, 0.3) is 0 Å². The summed E-state index contributed by atoms with van der Waals surface area (Å²) >= 11 is 0. The average molecular weight is 405 g/mol. The molecule has 4 fully saturated rings. The Morgan fingerprint density at radius 1 is 1.21 bits per heavy atom. The lowest BCUT2D eigenvalue weighted by Crippen LogP contribution is -2.54. The van der Waals surface area contributed by atoms with E-state index in [4.69, 9.17) is 4.74 Å². The number of hydrogen-bond acceptors (Lipinski definition) is 5. The lowest BCUT2D eigenvalue weighted by molar-refractivity contribution is -0.145. The molecule has 5 atom stereocenters. The van der Waals surface area contributed by atoms with Crippen LogP contribution in [0.2, 0.25) is 0 Å². The van der Waals surface area contributed by atoms with Gasteiger partial charge in [0.2, 0.25) is 11.8 Å². The quantitative estimate of drug-likeness (QED) is 0.534. The Bertz CT molecular complexity index is 744. The van der Waals surface area contributed by atoms with E-state index >= 15 is 0 Å². The van der Waals surface area contributed by atoms with Crippen LogP contribution in [0, 0.1) is 17.8 Å². The van der Waals surface area contributed by atoms with Crippen LogP contribution in [0.15, 0.2) is 12.7 Å². The highest BCUT2D eigenvalue weighted by molar-refractivity contribution is 5.95. The predicted molar refractivity (Wildman–Crippen MR) is 101 cm³/mol. The van der Waals surface area contributed by atoms with Crippen molar-refractivity contribution in [3.63, 3.8) is 0 Å². The third-order valence-electron chi connectivity index (χ3n) is 6.76. The topological polar surface area (TPSA) is 125 Å². The summed E-state index contributed by atoms with van der Waals surface area (Å²) in [7, 11) is 0. The summed E-state index contributed by atoms with van der Waals surface area (Å²) in [5.41, 5.74) is -1.32. The summed E-state index contributed by atoms with van der Waals surface area (Å²) < 4.78 is 5.35. The fourth-order valence-electron chi connectivity index (χ4n) is 4.85. The number of fused-ring (bicyclic) bond motifs is 1. The summed E-state index contributed by atoms with van der Waals surface area (Å²) in [6, 6.07) is -0.732. The lowest BCUT2D eigenvalue weighted by atomic mass is 10.1. The van der Waals surface area contributed by atoms with Crippen LogP contribution in [-0.2, 0) is 19.1 Å². The first-order valence-electron chi connectivity index (χ1n) is 10.3. The molecule has 4 aliphatic rings. The van der Waals surface area contributed by atoms with Crippen molar-refractivity contribution >= 4 is 23.9 Å². The second kappa shape index (κ2) is 7.35. The molecule has 3 aliphatic carbocycles. The summed E-state index contributed by atoms with van der Waals surface area (Å²) in [6.07, 6.45) is 5.28. The van der Waals surface area contributed by atoms with Crippen LogP contribution < -0.4 is 10.6 Å². The van der Waals surface area contributed by atoms with Gasteiger partial charge in [0.25, 0.3) is 0 Å². The van der Waals surface area contributed by atoms with E-state index in [9.17, 15) is 24.3 Å². The van der Waals surface area contributed by atoms with Crippen molar-refractivity contribution in [1.82, 2.24) is 15.5 Å². The van der Waals surface area contributed by atoms with Crippen LogP contribution in [0.5, 0.6) is 0 Å². The number of carbonyl (C=O) groups is 4. The molecule has 0 bridgehead atoms. The van der Waals surface area contributed by atoms with Crippen LogP contribution in [0.3, 0.4) is 0 Å². The van der Waals surface area contributed by atoms with Gasteiger partial charge in [-0.15, -0.1) is 6.58 Å². The Balaban J connectivity index is 1.26. The maximum absolute atomic E-state index is 12.7. The van der Waals surface area contributed by atoms with Gasteiger partial charge < -0.3 is 25.4 Å². The molecule has 3 N–H and O–H groups in total. The molecule has 158 valence electrons. The highest BCUT2D eigenvalue weighted by atomic mass is 16.6. The minimum absolute atomic E-state index is 0.0669. The third kappa shape index (κ3) is 3.82. The Labute approximate surface area is 168 Å². The molecule has 0 spiro atoms. The number of nitrogens with zero attached hydrogens (tertiary/aromatic N) is 1. The van der Waals surface area contributed by atoms with Crippen LogP contribution in [-0.4, -0.2) is 64.7 Å². The van der Waals surface area contributed by atoms with Crippen molar-refractivity contribution in [1.29, 1.82) is 0 Å². The van der Waals surface area contributed by atoms with Crippen molar-refractivity contribution in [2.75, 3.05) is 13.1 Å². The number of nitrogens with one attached hydrogen (secondary N) is 2. The number of likely N-dealkylation sites (tertiary alicyclic amines) is 1. The second-order valence-corrected chi connectivity index (χ2v) is 8.67. The monoisotopic (exact) mass is 405 g/mol. The Hall–Kier alpha value is -2.58. The van der Waals surface area contributed by atoms with E-state index in [0.717, 1.165) is 12.8 Å². The van der Waals surface area contributed by atoms with Crippen molar-refractivity contribution in [2.24, 2.45) is 17.8 Å². The molecule has 0 aromatic rings. The van der Waals surface area contributed by atoms with Gasteiger partial charge in [-0.2, -0.15) is 0 Å². The molecule has 0 radical (unpaired) electrons. The van der Waals surface area contributed by atoms with E-state index in [1.165, 1.54) is 17.4 Å². The van der Waals surface area contributed by atoms with Gasteiger partial charge in [-0.25, -0.2) is 9.59 Å². The highest BCUT2D eigenvalue weighted by Gasteiger charge is 2.61. The smallest absolute Gasteiger partial charge is 0.407 e. The van der Waals surface area contributed by atoms with Crippen molar-refractivity contribution in [3.05, 3.63) is 12.7 Å². The fourth-order valence-corrected chi connectivity index (χ4v) is 4.85. The molecule has 3 unspecified atom stereocenters. The molecule has 29 heavy (non-hydrogen) atoms. The summed E-state index contributed by atoms with van der Waals surface area (Å²) in [5, 5.41) is 14.5. The predicted octanol–water partition coefficient (Wildman–Crippen LogP) is 0.648. The largest absolute Gasteiger partial charge is 0.479 e. The Kier molecular flexibility index (Phi) is 5.00. The first kappa shape index (κ1) is 19.7. The van der Waals surface area contributed by atoms with Gasteiger partial charge in [0.15, 0.2) is 0 Å². The van der Waals surface area contributed by atoms with Gasteiger partial charge in [-0.05, 0) is 50.4 Å². The number of alkyl carbamates (subject to hydrolysis) is 1. The van der Waals surface area contributed by atoms with Gasteiger partial charge in [0.05, 0.1) is 0 Å². The van der Waals surface area contributed by atoms with Crippen LogP contribution in [0.1, 0.15) is 38.5 Å². The van der Waals surface area contributed by atoms with Gasteiger partial charge in [-0.1, -0.05) is 6.08 Å². The van der Waals surface area contributed by atoms with Crippen LogP contribution >= 0.6 is 0 Å². The van der Waals surface area contributed by atoms with Gasteiger partial charge in [0, 0.05) is 12.5 Å². The molecule has 4 rings (SSSR count). The first-order chi connectivity index (χ1) is 13.8. The molecular weight excluding hydrogens is 378 g/mol. The van der Waals surface area contributed by atoms with E-state index in [0.29, 0.717) is 37.6 Å².